The van der Waals surface area contributed by atoms with Gasteiger partial charge in [0.05, 0.1) is 0 Å². The molecule has 2 N–H and O–H groups in total. The van der Waals surface area contributed by atoms with Crippen molar-refractivity contribution in [2.24, 2.45) is 5.92 Å². The second-order valence-corrected chi connectivity index (χ2v) is 7.49. The Hall–Kier alpha value is -2.20. The molecule has 1 aromatic heterocycles. The maximum Gasteiger partial charge on any atom is 0.169 e. The van der Waals surface area contributed by atoms with Crippen LogP contribution in [0, 0.1) is 5.92 Å². The minimum absolute atomic E-state index is 0.125. The molecule has 2 aliphatic rings. The zero-order chi connectivity index (χ0) is 17.7. The molecule has 4 nitrogen and oxygen atoms in total. The number of hydrogen-bond donors (Lipinski definition) is 2. The number of carbonyl (C=O) groups is 1. The predicted octanol–water partition coefficient (Wildman–Crippen LogP) is 3.25. The van der Waals surface area contributed by atoms with E-state index in [0.29, 0.717) is 18.4 Å². The number of Topliss-reactive ketones (excluding diaryl/α,β-unsaturated/α-hetero) is 1. The third kappa shape index (κ3) is 2.31. The number of phenolic OH excluding ortho intramolecular Hbond substituents is 1. The number of pyridine rings is 1. The summed E-state index contributed by atoms with van der Waals surface area (Å²) in [4.78, 5) is 17.2. The topological polar surface area (TPSA) is 70.4 Å². The lowest BCUT2D eigenvalue weighted by molar-refractivity contribution is -0.150. The van der Waals surface area contributed by atoms with Gasteiger partial charge in [0.25, 0.3) is 0 Å². The first-order valence-electron chi connectivity index (χ1n) is 8.98. The average molecular weight is 337 g/mol. The number of carbonyl (C=O) groups excluding carboxylic acids is 1. The van der Waals surface area contributed by atoms with Crippen LogP contribution in [0.25, 0.3) is 0 Å². The molecule has 0 radical (unpaired) electrons. The summed E-state index contributed by atoms with van der Waals surface area (Å²) >= 11 is 0. The first kappa shape index (κ1) is 16.3. The van der Waals surface area contributed by atoms with Gasteiger partial charge in [0.15, 0.2) is 5.78 Å². The van der Waals surface area contributed by atoms with Gasteiger partial charge >= 0.3 is 0 Å². The molecule has 3 unspecified atom stereocenters. The molecule has 0 aliphatic heterocycles. The van der Waals surface area contributed by atoms with Crippen LogP contribution in [-0.2, 0) is 22.2 Å². The monoisotopic (exact) mass is 337 g/mol. The van der Waals surface area contributed by atoms with E-state index in [9.17, 15) is 15.0 Å². The van der Waals surface area contributed by atoms with Crippen LogP contribution in [0.1, 0.15) is 49.3 Å². The number of rotatable bonds is 2. The SMILES string of the molecule is CCC12CC(=O)C(O)(c3cccnc3)CC1CCc1cc(O)ccc12. The van der Waals surface area contributed by atoms with E-state index in [4.69, 9.17) is 0 Å². The van der Waals surface area contributed by atoms with Crippen LogP contribution in [0.4, 0.5) is 0 Å². The molecule has 0 amide bonds. The van der Waals surface area contributed by atoms with Gasteiger partial charge in [-0.3, -0.25) is 9.78 Å². The Morgan fingerprint density at radius 2 is 2.16 bits per heavy atom. The van der Waals surface area contributed by atoms with E-state index in [0.717, 1.165) is 24.8 Å². The van der Waals surface area contributed by atoms with E-state index in [1.807, 2.05) is 12.1 Å². The predicted molar refractivity (Wildman–Crippen MR) is 94.3 cm³/mol. The lowest BCUT2D eigenvalue weighted by Crippen LogP contribution is -2.54. The summed E-state index contributed by atoms with van der Waals surface area (Å²) < 4.78 is 0. The second-order valence-electron chi connectivity index (χ2n) is 7.49. The van der Waals surface area contributed by atoms with E-state index in [2.05, 4.69) is 11.9 Å². The van der Waals surface area contributed by atoms with Gasteiger partial charge in [-0.05, 0) is 60.9 Å². The fourth-order valence-electron chi connectivity index (χ4n) is 5.03. The summed E-state index contributed by atoms with van der Waals surface area (Å²) in [5.41, 5.74) is 1.23. The molecule has 1 saturated carbocycles. The lowest BCUT2D eigenvalue weighted by atomic mass is 9.52. The Labute approximate surface area is 147 Å². The number of nitrogens with zero attached hydrogens (tertiary/aromatic N) is 1. The van der Waals surface area contributed by atoms with Crippen LogP contribution in [-0.4, -0.2) is 21.0 Å². The molecule has 4 heteroatoms. The minimum Gasteiger partial charge on any atom is -0.508 e. The number of aryl methyl sites for hydroxylation is 1. The number of benzene rings is 1. The lowest BCUT2D eigenvalue weighted by Gasteiger charge is -2.52. The van der Waals surface area contributed by atoms with Gasteiger partial charge in [-0.25, -0.2) is 0 Å². The van der Waals surface area contributed by atoms with Crippen molar-refractivity contribution in [3.8, 4) is 5.75 Å². The largest absolute Gasteiger partial charge is 0.508 e. The van der Waals surface area contributed by atoms with E-state index in [1.54, 1.807) is 30.6 Å². The molecular weight excluding hydrogens is 314 g/mol. The Kier molecular flexibility index (Phi) is 3.69. The first-order chi connectivity index (χ1) is 12.0. The van der Waals surface area contributed by atoms with Crippen LogP contribution in [0.3, 0.4) is 0 Å². The molecule has 4 rings (SSSR count). The molecule has 2 aromatic rings. The average Bonchev–Trinajstić information content (AvgIpc) is 2.63. The van der Waals surface area contributed by atoms with Gasteiger partial charge in [-0.15, -0.1) is 0 Å². The summed E-state index contributed by atoms with van der Waals surface area (Å²) in [7, 11) is 0. The van der Waals surface area contributed by atoms with Crippen LogP contribution < -0.4 is 0 Å². The Morgan fingerprint density at radius 1 is 1.32 bits per heavy atom. The number of fused-ring (bicyclic) bond motifs is 3. The maximum absolute atomic E-state index is 13.1. The number of aromatic hydroxyl groups is 1. The molecule has 3 atom stereocenters. The van der Waals surface area contributed by atoms with E-state index >= 15 is 0 Å². The molecule has 0 saturated heterocycles. The van der Waals surface area contributed by atoms with E-state index < -0.39 is 5.60 Å². The van der Waals surface area contributed by atoms with Crippen LogP contribution in [0.5, 0.6) is 5.75 Å². The van der Waals surface area contributed by atoms with Gasteiger partial charge in [-0.1, -0.05) is 19.1 Å². The number of hydrogen-bond acceptors (Lipinski definition) is 4. The van der Waals surface area contributed by atoms with Crippen molar-refractivity contribution < 1.29 is 15.0 Å². The highest BCUT2D eigenvalue weighted by Crippen LogP contribution is 2.55. The van der Waals surface area contributed by atoms with Gasteiger partial charge in [0.2, 0.25) is 0 Å². The maximum atomic E-state index is 13.1. The second kappa shape index (κ2) is 5.67. The van der Waals surface area contributed by atoms with Crippen molar-refractivity contribution in [3.05, 3.63) is 59.4 Å². The van der Waals surface area contributed by atoms with Crippen molar-refractivity contribution in [2.75, 3.05) is 0 Å². The quantitative estimate of drug-likeness (QED) is 0.882. The highest BCUT2D eigenvalue weighted by Gasteiger charge is 2.55. The van der Waals surface area contributed by atoms with Gasteiger partial charge in [0, 0.05) is 29.8 Å². The van der Waals surface area contributed by atoms with Crippen molar-refractivity contribution in [3.63, 3.8) is 0 Å². The summed E-state index contributed by atoms with van der Waals surface area (Å²) in [5, 5.41) is 21.0. The highest BCUT2D eigenvalue weighted by atomic mass is 16.3. The third-order valence-electron chi connectivity index (χ3n) is 6.42. The standard InChI is InChI=1S/C21H23NO3/c1-2-20-12-19(24)21(25,16-4-3-9-22-13-16)11-15(20)6-5-14-10-17(23)7-8-18(14)20/h3-4,7-10,13,15,23,25H,2,5-6,11-12H2,1H3. The molecule has 1 aromatic carbocycles. The van der Waals surface area contributed by atoms with E-state index in [1.165, 1.54) is 5.56 Å². The first-order valence-corrected chi connectivity index (χ1v) is 8.98. The fourth-order valence-corrected chi connectivity index (χ4v) is 5.03. The van der Waals surface area contributed by atoms with Crippen LogP contribution >= 0.6 is 0 Å². The smallest absolute Gasteiger partial charge is 0.169 e. The number of aliphatic hydroxyl groups is 1. The third-order valence-corrected chi connectivity index (χ3v) is 6.42. The molecular formula is C21H23NO3. The van der Waals surface area contributed by atoms with Crippen molar-refractivity contribution >= 4 is 5.78 Å². The minimum atomic E-state index is -1.44. The number of phenols is 1. The van der Waals surface area contributed by atoms with Crippen LogP contribution in [0.15, 0.2) is 42.7 Å². The molecule has 0 spiro atoms. The number of aromatic nitrogens is 1. The summed E-state index contributed by atoms with van der Waals surface area (Å²) in [6.07, 6.45) is 6.66. The fraction of sp³-hybridized carbons (Fsp3) is 0.429. The molecule has 0 bridgehead atoms. The molecule has 130 valence electrons. The molecule has 1 fully saturated rings. The van der Waals surface area contributed by atoms with E-state index in [-0.39, 0.29) is 22.9 Å². The molecule has 1 heterocycles. The zero-order valence-electron chi connectivity index (χ0n) is 14.4. The Balaban J connectivity index is 1.79. The van der Waals surface area contributed by atoms with Gasteiger partial charge < -0.3 is 10.2 Å². The molecule has 25 heavy (non-hydrogen) atoms. The highest BCUT2D eigenvalue weighted by molar-refractivity contribution is 5.90. The number of ketones is 1. The Bertz CT molecular complexity index is 819. The molecule has 2 aliphatic carbocycles. The van der Waals surface area contributed by atoms with Crippen molar-refractivity contribution in [1.82, 2.24) is 4.98 Å². The van der Waals surface area contributed by atoms with Crippen molar-refractivity contribution in [2.45, 2.75) is 50.0 Å². The van der Waals surface area contributed by atoms with Gasteiger partial charge in [0.1, 0.15) is 11.4 Å². The summed E-state index contributed by atoms with van der Waals surface area (Å²) in [6, 6.07) is 9.07. The summed E-state index contributed by atoms with van der Waals surface area (Å²) in [5.74, 6) is 0.384. The zero-order valence-corrected chi connectivity index (χ0v) is 14.4. The Morgan fingerprint density at radius 3 is 2.88 bits per heavy atom. The van der Waals surface area contributed by atoms with Crippen LogP contribution in [0.2, 0.25) is 0 Å². The summed E-state index contributed by atoms with van der Waals surface area (Å²) in [6.45, 7) is 2.12. The van der Waals surface area contributed by atoms with Crippen molar-refractivity contribution in [1.29, 1.82) is 0 Å². The van der Waals surface area contributed by atoms with Gasteiger partial charge in [-0.2, -0.15) is 0 Å². The normalized spacial score (nSPS) is 31.3.